The molecule has 7 nitrogen and oxygen atoms in total. The Kier molecular flexibility index (Phi) is 3.66. The monoisotopic (exact) mass is 266 g/mol. The summed E-state index contributed by atoms with van der Waals surface area (Å²) >= 11 is 0. The van der Waals surface area contributed by atoms with Gasteiger partial charge in [0.15, 0.2) is 11.5 Å². The second-order valence-electron chi connectivity index (χ2n) is 4.32. The van der Waals surface area contributed by atoms with Crippen LogP contribution < -0.4 is 5.43 Å². The Bertz CT molecular complexity index is 565. The fourth-order valence-electron chi connectivity index (χ4n) is 1.95. The molecule has 1 aliphatic heterocycles. The van der Waals surface area contributed by atoms with E-state index in [1.54, 1.807) is 6.92 Å². The zero-order valence-electron chi connectivity index (χ0n) is 10.4. The lowest BCUT2D eigenvalue weighted by Gasteiger charge is -2.32. The number of rotatable bonds is 2. The normalized spacial score (nSPS) is 19.2. The van der Waals surface area contributed by atoms with Crippen LogP contribution in [0, 0.1) is 6.92 Å². The Balaban J connectivity index is 2.31. The van der Waals surface area contributed by atoms with E-state index in [2.05, 4.69) is 4.98 Å². The Hall–Kier alpha value is -2.15. The molecule has 19 heavy (non-hydrogen) atoms. The molecule has 1 aliphatic rings. The molecule has 0 saturated carbocycles. The van der Waals surface area contributed by atoms with Gasteiger partial charge in [0.25, 0.3) is 5.91 Å². The zero-order chi connectivity index (χ0) is 14.0. The summed E-state index contributed by atoms with van der Waals surface area (Å²) in [6.07, 6.45) is 1.31. The van der Waals surface area contributed by atoms with Gasteiger partial charge < -0.3 is 19.7 Å². The number of H-pyrrole nitrogens is 1. The van der Waals surface area contributed by atoms with E-state index < -0.39 is 23.3 Å². The third kappa shape index (κ3) is 2.65. The minimum absolute atomic E-state index is 0.0567. The van der Waals surface area contributed by atoms with E-state index in [1.807, 2.05) is 0 Å². The largest absolute Gasteiger partial charge is 0.480 e. The van der Waals surface area contributed by atoms with Crippen molar-refractivity contribution < 1.29 is 19.4 Å². The van der Waals surface area contributed by atoms with Crippen LogP contribution in [0.5, 0.6) is 0 Å². The first-order chi connectivity index (χ1) is 9.00. The molecule has 0 bridgehead atoms. The molecule has 2 N–H and O–H groups in total. The van der Waals surface area contributed by atoms with E-state index in [0.717, 1.165) is 4.90 Å². The topological polar surface area (TPSA) is 99.7 Å². The number of aromatic amines is 1. The first-order valence-electron chi connectivity index (χ1n) is 5.81. The maximum Gasteiger partial charge on any atom is 0.328 e. The quantitative estimate of drug-likeness (QED) is 0.759. The molecule has 1 unspecified atom stereocenters. The van der Waals surface area contributed by atoms with Gasteiger partial charge in [0.2, 0.25) is 0 Å². The van der Waals surface area contributed by atoms with Crippen LogP contribution in [0.2, 0.25) is 0 Å². The van der Waals surface area contributed by atoms with Crippen molar-refractivity contribution in [1.82, 2.24) is 9.88 Å². The summed E-state index contributed by atoms with van der Waals surface area (Å²) in [5, 5.41) is 9.06. The number of nitrogens with one attached hydrogen (secondary N) is 1. The summed E-state index contributed by atoms with van der Waals surface area (Å²) < 4.78 is 5.05. The highest BCUT2D eigenvalue weighted by molar-refractivity contribution is 5.96. The molecule has 0 spiro atoms. The van der Waals surface area contributed by atoms with Crippen LogP contribution in [0.25, 0.3) is 0 Å². The summed E-state index contributed by atoms with van der Waals surface area (Å²) in [6.45, 7) is 2.05. The smallest absolute Gasteiger partial charge is 0.328 e. The Morgan fingerprint density at radius 2 is 2.26 bits per heavy atom. The number of hydrogen-bond acceptors (Lipinski definition) is 4. The van der Waals surface area contributed by atoms with Crippen LogP contribution in [0.3, 0.4) is 0 Å². The highest BCUT2D eigenvalue weighted by atomic mass is 16.5. The summed E-state index contributed by atoms with van der Waals surface area (Å²) in [7, 11) is 0. The lowest BCUT2D eigenvalue weighted by Crippen LogP contribution is -2.53. The minimum Gasteiger partial charge on any atom is -0.480 e. The van der Waals surface area contributed by atoms with Crippen LogP contribution in [0.1, 0.15) is 16.1 Å². The number of morpholine rings is 1. The standard InChI is InChI=1S/C12H14N2O5/c1-7-4-10(15)8(5-13-7)11(16)14-2-3-19-6-9(14)12(17)18/h4-5,9H,2-3,6H2,1H3,(H,13,15)(H,17,18). The number of carbonyl (C=O) groups excluding carboxylic acids is 1. The third-order valence-corrected chi connectivity index (χ3v) is 2.96. The summed E-state index contributed by atoms with van der Waals surface area (Å²) in [5.74, 6) is -1.73. The van der Waals surface area contributed by atoms with Crippen LogP contribution in [-0.2, 0) is 9.53 Å². The molecule has 2 rings (SSSR count). The first-order valence-corrected chi connectivity index (χ1v) is 5.81. The fourth-order valence-corrected chi connectivity index (χ4v) is 1.95. The van der Waals surface area contributed by atoms with Crippen molar-refractivity contribution in [3.8, 4) is 0 Å². The van der Waals surface area contributed by atoms with Crippen molar-refractivity contribution in [3.05, 3.63) is 33.7 Å². The molecule has 102 valence electrons. The molecule has 2 heterocycles. The molecule has 1 fully saturated rings. The number of aliphatic carboxylic acids is 1. The van der Waals surface area contributed by atoms with Crippen molar-refractivity contribution in [2.45, 2.75) is 13.0 Å². The van der Waals surface area contributed by atoms with Crippen molar-refractivity contribution in [2.24, 2.45) is 0 Å². The Morgan fingerprint density at radius 3 is 2.89 bits per heavy atom. The molecular weight excluding hydrogens is 252 g/mol. The molecule has 1 saturated heterocycles. The fraction of sp³-hybridized carbons (Fsp3) is 0.417. The van der Waals surface area contributed by atoms with Crippen LogP contribution in [0.15, 0.2) is 17.1 Å². The molecule has 1 aromatic heterocycles. The molecule has 1 amide bonds. The van der Waals surface area contributed by atoms with Crippen LogP contribution >= 0.6 is 0 Å². The lowest BCUT2D eigenvalue weighted by atomic mass is 10.1. The number of ether oxygens (including phenoxy) is 1. The number of carboxylic acid groups (broad SMARTS) is 1. The second-order valence-corrected chi connectivity index (χ2v) is 4.32. The van der Waals surface area contributed by atoms with E-state index in [-0.39, 0.29) is 25.3 Å². The van der Waals surface area contributed by atoms with Gasteiger partial charge in [0.1, 0.15) is 5.56 Å². The molecule has 1 aromatic rings. The summed E-state index contributed by atoms with van der Waals surface area (Å²) in [5.41, 5.74) is 0.161. The Labute approximate surface area is 108 Å². The van der Waals surface area contributed by atoms with Gasteiger partial charge >= 0.3 is 5.97 Å². The molecule has 7 heteroatoms. The van der Waals surface area contributed by atoms with E-state index in [1.165, 1.54) is 12.3 Å². The number of amides is 1. The summed E-state index contributed by atoms with van der Waals surface area (Å²) in [4.78, 5) is 39.0. The predicted molar refractivity (Wildman–Crippen MR) is 65.1 cm³/mol. The molecule has 0 aromatic carbocycles. The van der Waals surface area contributed by atoms with Crippen molar-refractivity contribution in [3.63, 3.8) is 0 Å². The number of hydrogen-bond donors (Lipinski definition) is 2. The molecular formula is C12H14N2O5. The number of pyridine rings is 1. The Morgan fingerprint density at radius 1 is 1.53 bits per heavy atom. The SMILES string of the molecule is Cc1cc(=O)c(C(=O)N2CCOCC2C(=O)O)c[nH]1. The van der Waals surface area contributed by atoms with Gasteiger partial charge in [-0.15, -0.1) is 0 Å². The zero-order valence-corrected chi connectivity index (χ0v) is 10.4. The molecule has 0 radical (unpaired) electrons. The number of carbonyl (C=O) groups is 2. The highest BCUT2D eigenvalue weighted by Crippen LogP contribution is 2.11. The first kappa shape index (κ1) is 13.3. The van der Waals surface area contributed by atoms with E-state index >= 15 is 0 Å². The average Bonchev–Trinajstić information content (AvgIpc) is 2.38. The van der Waals surface area contributed by atoms with Crippen molar-refractivity contribution >= 4 is 11.9 Å². The molecule has 1 atom stereocenters. The number of carboxylic acids is 1. The minimum atomic E-state index is -1.14. The maximum atomic E-state index is 12.2. The van der Waals surface area contributed by atoms with Crippen molar-refractivity contribution in [2.75, 3.05) is 19.8 Å². The third-order valence-electron chi connectivity index (χ3n) is 2.96. The van der Waals surface area contributed by atoms with E-state index in [9.17, 15) is 14.4 Å². The molecule has 0 aliphatic carbocycles. The van der Waals surface area contributed by atoms with Gasteiger partial charge in [0.05, 0.1) is 13.2 Å². The number of aromatic nitrogens is 1. The van der Waals surface area contributed by atoms with Gasteiger partial charge in [-0.05, 0) is 6.92 Å². The van der Waals surface area contributed by atoms with Crippen molar-refractivity contribution in [1.29, 1.82) is 0 Å². The second kappa shape index (κ2) is 5.23. The van der Waals surface area contributed by atoms with Gasteiger partial charge in [-0.3, -0.25) is 9.59 Å². The van der Waals surface area contributed by atoms with Gasteiger partial charge in [-0.2, -0.15) is 0 Å². The average molecular weight is 266 g/mol. The van der Waals surface area contributed by atoms with E-state index in [4.69, 9.17) is 9.84 Å². The van der Waals surface area contributed by atoms with Gasteiger partial charge in [0, 0.05) is 24.5 Å². The summed E-state index contributed by atoms with van der Waals surface area (Å²) in [6, 6.07) is 0.255. The lowest BCUT2D eigenvalue weighted by molar-refractivity contribution is -0.147. The van der Waals surface area contributed by atoms with Gasteiger partial charge in [-0.1, -0.05) is 0 Å². The van der Waals surface area contributed by atoms with Crippen LogP contribution in [0.4, 0.5) is 0 Å². The predicted octanol–water partition coefficient (Wildman–Crippen LogP) is -0.391. The maximum absolute atomic E-state index is 12.2. The number of aryl methyl sites for hydroxylation is 1. The van der Waals surface area contributed by atoms with Gasteiger partial charge in [-0.25, -0.2) is 4.79 Å². The highest BCUT2D eigenvalue weighted by Gasteiger charge is 2.34. The van der Waals surface area contributed by atoms with Crippen LogP contribution in [-0.4, -0.2) is 52.7 Å². The van der Waals surface area contributed by atoms with E-state index in [0.29, 0.717) is 5.69 Å². The number of nitrogens with zero attached hydrogens (tertiary/aromatic N) is 1.